The minimum absolute atomic E-state index is 0.0367. The summed E-state index contributed by atoms with van der Waals surface area (Å²) in [5, 5.41) is 2.72. The van der Waals surface area contributed by atoms with E-state index < -0.39 is 0 Å². The molecule has 3 nitrogen and oxygen atoms in total. The summed E-state index contributed by atoms with van der Waals surface area (Å²) in [5.41, 5.74) is 2.39. The Kier molecular flexibility index (Phi) is 4.02. The Morgan fingerprint density at radius 3 is 2.43 bits per heavy atom. The maximum Gasteiger partial charge on any atom is 0.253 e. The molecule has 1 spiro atoms. The summed E-state index contributed by atoms with van der Waals surface area (Å²) in [5.74, 6) is 0.299. The molecule has 3 aromatic rings. The molecule has 1 fully saturated rings. The van der Waals surface area contributed by atoms with Gasteiger partial charge in [0.1, 0.15) is 0 Å². The van der Waals surface area contributed by atoms with E-state index in [-0.39, 0.29) is 17.1 Å². The summed E-state index contributed by atoms with van der Waals surface area (Å²) in [6.45, 7) is 1.24. The average Bonchev–Trinajstić information content (AvgIpc) is 2.99. The van der Waals surface area contributed by atoms with Crippen LogP contribution in [-0.2, 0) is 6.42 Å². The number of amides is 1. The molecule has 0 aromatic heterocycles. The van der Waals surface area contributed by atoms with Crippen molar-refractivity contribution in [2.24, 2.45) is 5.41 Å². The van der Waals surface area contributed by atoms with Crippen molar-refractivity contribution in [3.05, 3.63) is 82.4 Å². The number of hydrogen-bond acceptors (Lipinski definition) is 2. The van der Waals surface area contributed by atoms with Gasteiger partial charge in [0.2, 0.25) is 0 Å². The highest BCUT2D eigenvalue weighted by Gasteiger charge is 2.47. The van der Waals surface area contributed by atoms with Crippen molar-refractivity contribution in [2.45, 2.75) is 19.3 Å². The molecule has 1 heterocycles. The van der Waals surface area contributed by atoms with Crippen LogP contribution in [0.4, 0.5) is 0 Å². The van der Waals surface area contributed by atoms with E-state index in [1.807, 2.05) is 59.5 Å². The zero-order chi connectivity index (χ0) is 19.3. The van der Waals surface area contributed by atoms with Gasteiger partial charge >= 0.3 is 0 Å². The van der Waals surface area contributed by atoms with Gasteiger partial charge in [0.15, 0.2) is 5.78 Å². The highest BCUT2D eigenvalue weighted by molar-refractivity contribution is 6.31. The van der Waals surface area contributed by atoms with Crippen LogP contribution in [0.3, 0.4) is 0 Å². The lowest BCUT2D eigenvalue weighted by molar-refractivity contribution is 0.0517. The fraction of sp³-hybridized carbons (Fsp3) is 0.250. The predicted octanol–water partition coefficient (Wildman–Crippen LogP) is 5.15. The first-order valence-electron chi connectivity index (χ1n) is 9.67. The van der Waals surface area contributed by atoms with Gasteiger partial charge in [-0.05, 0) is 59.9 Å². The fourth-order valence-corrected chi connectivity index (χ4v) is 4.88. The first-order chi connectivity index (χ1) is 13.6. The zero-order valence-corrected chi connectivity index (χ0v) is 16.2. The van der Waals surface area contributed by atoms with Gasteiger partial charge in [0.25, 0.3) is 5.91 Å². The molecule has 0 N–H and O–H groups in total. The summed E-state index contributed by atoms with van der Waals surface area (Å²) < 4.78 is 0. The van der Waals surface area contributed by atoms with E-state index in [0.29, 0.717) is 23.7 Å². The van der Waals surface area contributed by atoms with Crippen LogP contribution in [0.2, 0.25) is 5.02 Å². The number of hydrogen-bond donors (Lipinski definition) is 0. The first-order valence-corrected chi connectivity index (χ1v) is 10.0. The largest absolute Gasteiger partial charge is 0.339 e. The molecule has 4 heteroatoms. The molecular formula is C24H20ClNO2. The third-order valence-electron chi connectivity index (χ3n) is 6.33. The number of halogens is 1. The van der Waals surface area contributed by atoms with Crippen molar-refractivity contribution in [1.82, 2.24) is 4.90 Å². The van der Waals surface area contributed by atoms with Crippen LogP contribution in [0.15, 0.2) is 60.7 Å². The summed E-state index contributed by atoms with van der Waals surface area (Å²) >= 11 is 6.04. The highest BCUT2D eigenvalue weighted by Crippen LogP contribution is 2.44. The van der Waals surface area contributed by atoms with Gasteiger partial charge in [0.05, 0.1) is 0 Å². The Balaban J connectivity index is 1.34. The molecule has 0 bridgehead atoms. The van der Waals surface area contributed by atoms with Gasteiger partial charge in [-0.2, -0.15) is 0 Å². The molecule has 1 amide bonds. The predicted molar refractivity (Wildman–Crippen MR) is 111 cm³/mol. The molecule has 140 valence electrons. The van der Waals surface area contributed by atoms with Crippen molar-refractivity contribution < 1.29 is 9.59 Å². The van der Waals surface area contributed by atoms with Crippen LogP contribution >= 0.6 is 11.6 Å². The van der Waals surface area contributed by atoms with E-state index in [4.69, 9.17) is 11.6 Å². The lowest BCUT2D eigenvalue weighted by atomic mass is 9.75. The maximum absolute atomic E-state index is 13.0. The number of Topliss-reactive ketones (excluding diaryl/α,β-unsaturated/α-hetero) is 1. The average molecular weight is 390 g/mol. The second-order valence-electron chi connectivity index (χ2n) is 7.94. The van der Waals surface area contributed by atoms with Crippen molar-refractivity contribution in [3.63, 3.8) is 0 Å². The van der Waals surface area contributed by atoms with Gasteiger partial charge in [-0.25, -0.2) is 0 Å². The third kappa shape index (κ3) is 2.73. The van der Waals surface area contributed by atoms with E-state index in [1.165, 1.54) is 0 Å². The number of piperidine rings is 1. The number of nitrogens with zero attached hydrogens (tertiary/aromatic N) is 1. The quantitative estimate of drug-likeness (QED) is 0.576. The molecule has 2 aliphatic rings. The number of ketones is 1. The molecule has 28 heavy (non-hydrogen) atoms. The van der Waals surface area contributed by atoms with E-state index in [9.17, 15) is 9.59 Å². The fourth-order valence-electron chi connectivity index (χ4n) is 4.70. The number of carbonyl (C=O) groups excluding carboxylic acids is 2. The van der Waals surface area contributed by atoms with Gasteiger partial charge in [-0.15, -0.1) is 0 Å². The monoisotopic (exact) mass is 389 g/mol. The summed E-state index contributed by atoms with van der Waals surface area (Å²) in [4.78, 5) is 27.9. The summed E-state index contributed by atoms with van der Waals surface area (Å²) in [6.07, 6.45) is 2.27. The lowest BCUT2D eigenvalue weighted by Gasteiger charge is -2.38. The molecule has 0 unspecified atom stereocenters. The van der Waals surface area contributed by atoms with Crippen LogP contribution in [-0.4, -0.2) is 29.7 Å². The van der Waals surface area contributed by atoms with Crippen LogP contribution in [0.5, 0.6) is 0 Å². The lowest BCUT2D eigenvalue weighted by Crippen LogP contribution is -2.45. The van der Waals surface area contributed by atoms with Crippen LogP contribution in [0, 0.1) is 5.41 Å². The zero-order valence-electron chi connectivity index (χ0n) is 15.5. The first kappa shape index (κ1) is 17.4. The number of benzene rings is 3. The topological polar surface area (TPSA) is 37.4 Å². The van der Waals surface area contributed by atoms with Gasteiger partial charge in [-0.3, -0.25) is 9.59 Å². The minimum Gasteiger partial charge on any atom is -0.339 e. The van der Waals surface area contributed by atoms with Crippen molar-refractivity contribution in [2.75, 3.05) is 13.1 Å². The molecule has 0 saturated carbocycles. The van der Waals surface area contributed by atoms with E-state index in [0.717, 1.165) is 41.2 Å². The van der Waals surface area contributed by atoms with Gasteiger partial charge in [-0.1, -0.05) is 48.0 Å². The molecule has 0 atom stereocenters. The second kappa shape index (κ2) is 6.46. The van der Waals surface area contributed by atoms with Crippen LogP contribution < -0.4 is 0 Å². The van der Waals surface area contributed by atoms with Gasteiger partial charge in [0, 0.05) is 34.7 Å². The molecular weight excluding hydrogens is 370 g/mol. The Hall–Kier alpha value is -2.65. The van der Waals surface area contributed by atoms with Crippen LogP contribution in [0.1, 0.15) is 39.1 Å². The molecule has 3 aromatic carbocycles. The smallest absolute Gasteiger partial charge is 0.253 e. The van der Waals surface area contributed by atoms with Crippen LogP contribution in [0.25, 0.3) is 10.8 Å². The standard InChI is InChI=1S/C24H20ClNO2/c25-20-8-7-16-13-18(6-5-17(16)14-20)23(28)26-11-9-24(10-12-26)15-19-3-1-2-4-21(19)22(24)27/h1-8,13-14H,9-12,15H2. The van der Waals surface area contributed by atoms with Gasteiger partial charge < -0.3 is 4.90 Å². The number of rotatable bonds is 1. The van der Waals surface area contributed by atoms with E-state index in [1.54, 1.807) is 0 Å². The number of likely N-dealkylation sites (tertiary alicyclic amines) is 1. The molecule has 1 saturated heterocycles. The maximum atomic E-state index is 13.0. The van der Waals surface area contributed by atoms with Crippen molar-refractivity contribution in [1.29, 1.82) is 0 Å². The Morgan fingerprint density at radius 1 is 0.929 bits per heavy atom. The minimum atomic E-state index is -0.319. The SMILES string of the molecule is O=C(c1ccc2cc(Cl)ccc2c1)N1CCC2(CC1)Cc1ccccc1C2=O. The Labute approximate surface area is 168 Å². The number of carbonyl (C=O) groups is 2. The van der Waals surface area contributed by atoms with Crippen molar-refractivity contribution >= 4 is 34.1 Å². The normalized spacial score (nSPS) is 17.9. The highest BCUT2D eigenvalue weighted by atomic mass is 35.5. The van der Waals surface area contributed by atoms with E-state index in [2.05, 4.69) is 6.07 Å². The second-order valence-corrected chi connectivity index (χ2v) is 8.38. The summed E-state index contributed by atoms with van der Waals surface area (Å²) in [7, 11) is 0. The Morgan fingerprint density at radius 2 is 1.64 bits per heavy atom. The molecule has 1 aliphatic carbocycles. The molecule has 0 radical (unpaired) electrons. The summed E-state index contributed by atoms with van der Waals surface area (Å²) in [6, 6.07) is 19.3. The van der Waals surface area contributed by atoms with Crippen molar-refractivity contribution in [3.8, 4) is 0 Å². The number of fused-ring (bicyclic) bond motifs is 2. The molecule has 1 aliphatic heterocycles. The van der Waals surface area contributed by atoms with E-state index >= 15 is 0 Å². The Bertz CT molecular complexity index is 1110. The molecule has 5 rings (SSSR count). The third-order valence-corrected chi connectivity index (χ3v) is 6.56.